The molecule has 0 fully saturated rings. The first-order valence-electron chi connectivity index (χ1n) is 6.09. The lowest BCUT2D eigenvalue weighted by atomic mass is 10.0. The van der Waals surface area contributed by atoms with Crippen molar-refractivity contribution >= 4 is 0 Å². The van der Waals surface area contributed by atoms with Crippen LogP contribution in [-0.4, -0.2) is 15.0 Å². The average molecular weight is 265 g/mol. The molecule has 0 saturated heterocycles. The van der Waals surface area contributed by atoms with Gasteiger partial charge >= 0.3 is 5.69 Å². The van der Waals surface area contributed by atoms with Crippen LogP contribution in [0.1, 0.15) is 0 Å². The van der Waals surface area contributed by atoms with Crippen molar-refractivity contribution in [1.29, 1.82) is 0 Å². The van der Waals surface area contributed by atoms with Crippen LogP contribution in [0.2, 0.25) is 0 Å². The summed E-state index contributed by atoms with van der Waals surface area (Å²) in [5.41, 5.74) is 1.12. The molecule has 3 aromatic rings. The molecule has 0 unspecified atom stereocenters. The van der Waals surface area contributed by atoms with E-state index in [9.17, 15) is 9.59 Å². The van der Waals surface area contributed by atoms with Gasteiger partial charge in [-0.25, -0.2) is 4.79 Å². The Kier molecular flexibility index (Phi) is 3.01. The van der Waals surface area contributed by atoms with Crippen molar-refractivity contribution < 1.29 is 0 Å². The summed E-state index contributed by atoms with van der Waals surface area (Å²) in [4.78, 5) is 32.8. The van der Waals surface area contributed by atoms with Crippen LogP contribution < -0.4 is 11.2 Å². The van der Waals surface area contributed by atoms with Gasteiger partial charge in [0.2, 0.25) is 0 Å². The van der Waals surface area contributed by atoms with Gasteiger partial charge in [0.25, 0.3) is 5.56 Å². The molecular weight excluding hydrogens is 254 g/mol. The lowest BCUT2D eigenvalue weighted by molar-refractivity contribution is 1.04. The van der Waals surface area contributed by atoms with Crippen LogP contribution in [-0.2, 0) is 0 Å². The highest BCUT2D eigenvalue weighted by atomic mass is 16.2. The molecule has 0 bridgehead atoms. The van der Waals surface area contributed by atoms with E-state index in [1.54, 1.807) is 24.4 Å². The topological polar surface area (TPSA) is 78.6 Å². The van der Waals surface area contributed by atoms with Gasteiger partial charge in [0, 0.05) is 6.20 Å². The number of nitrogens with one attached hydrogen (secondary N) is 2. The summed E-state index contributed by atoms with van der Waals surface area (Å²) in [7, 11) is 0. The Morgan fingerprint density at radius 2 is 1.60 bits per heavy atom. The van der Waals surface area contributed by atoms with Gasteiger partial charge in [-0.3, -0.25) is 14.8 Å². The monoisotopic (exact) mass is 265 g/mol. The van der Waals surface area contributed by atoms with Gasteiger partial charge in [0.15, 0.2) is 0 Å². The summed E-state index contributed by atoms with van der Waals surface area (Å²) in [6.45, 7) is 0. The average Bonchev–Trinajstić information content (AvgIpc) is 2.48. The maximum atomic E-state index is 12.1. The van der Waals surface area contributed by atoms with Crippen LogP contribution in [0.3, 0.4) is 0 Å². The van der Waals surface area contributed by atoms with E-state index in [1.165, 1.54) is 0 Å². The number of rotatable bonds is 2. The molecule has 5 heteroatoms. The van der Waals surface area contributed by atoms with Crippen LogP contribution in [0.5, 0.6) is 0 Å². The fraction of sp³-hybridized carbons (Fsp3) is 0. The van der Waals surface area contributed by atoms with Crippen molar-refractivity contribution in [3.8, 4) is 22.5 Å². The molecule has 0 amide bonds. The van der Waals surface area contributed by atoms with Crippen LogP contribution in [0.25, 0.3) is 22.5 Å². The molecule has 2 heterocycles. The third-order valence-electron chi connectivity index (χ3n) is 2.93. The number of benzene rings is 1. The summed E-state index contributed by atoms with van der Waals surface area (Å²) in [6, 6.07) is 14.5. The molecule has 5 nitrogen and oxygen atoms in total. The van der Waals surface area contributed by atoms with Crippen LogP contribution >= 0.6 is 0 Å². The van der Waals surface area contributed by atoms with Crippen LogP contribution in [0.15, 0.2) is 64.3 Å². The minimum atomic E-state index is -0.534. The Balaban J connectivity index is 2.35. The Morgan fingerprint density at radius 3 is 2.30 bits per heavy atom. The fourth-order valence-electron chi connectivity index (χ4n) is 2.06. The van der Waals surface area contributed by atoms with E-state index in [-0.39, 0.29) is 0 Å². The predicted molar refractivity (Wildman–Crippen MR) is 76.4 cm³/mol. The SMILES string of the molecule is O=c1[nH]c(-c2ccccc2)c(-c2ccccn2)c(=O)[nH]1. The minimum Gasteiger partial charge on any atom is -0.306 e. The molecule has 0 radical (unpaired) electrons. The maximum Gasteiger partial charge on any atom is 0.326 e. The van der Waals surface area contributed by atoms with E-state index < -0.39 is 11.2 Å². The zero-order chi connectivity index (χ0) is 13.9. The number of aromatic nitrogens is 3. The van der Waals surface area contributed by atoms with Gasteiger partial charge in [-0.15, -0.1) is 0 Å². The summed E-state index contributed by atoms with van der Waals surface area (Å²) < 4.78 is 0. The minimum absolute atomic E-state index is 0.358. The largest absolute Gasteiger partial charge is 0.326 e. The third kappa shape index (κ3) is 2.16. The normalized spacial score (nSPS) is 10.4. The third-order valence-corrected chi connectivity index (χ3v) is 2.93. The molecule has 0 saturated carbocycles. The Bertz CT molecular complexity index is 836. The number of hydrogen-bond donors (Lipinski definition) is 2. The van der Waals surface area contributed by atoms with Crippen LogP contribution in [0, 0.1) is 0 Å². The first-order valence-corrected chi connectivity index (χ1v) is 6.09. The molecule has 0 atom stereocenters. The van der Waals surface area contributed by atoms with Crippen molar-refractivity contribution in [1.82, 2.24) is 15.0 Å². The Labute approximate surface area is 114 Å². The van der Waals surface area contributed by atoms with Crippen molar-refractivity contribution in [2.45, 2.75) is 0 Å². The highest BCUT2D eigenvalue weighted by Gasteiger charge is 2.13. The van der Waals surface area contributed by atoms with Gasteiger partial charge in [-0.05, 0) is 17.7 Å². The van der Waals surface area contributed by atoms with Crippen molar-refractivity contribution in [2.24, 2.45) is 0 Å². The zero-order valence-corrected chi connectivity index (χ0v) is 10.5. The highest BCUT2D eigenvalue weighted by molar-refractivity contribution is 5.77. The number of nitrogens with zero attached hydrogens (tertiary/aromatic N) is 1. The Morgan fingerprint density at radius 1 is 0.850 bits per heavy atom. The smallest absolute Gasteiger partial charge is 0.306 e. The van der Waals surface area contributed by atoms with E-state index in [1.807, 2.05) is 30.3 Å². The quantitative estimate of drug-likeness (QED) is 0.741. The summed E-state index contributed by atoms with van der Waals surface area (Å²) in [6.07, 6.45) is 1.61. The second kappa shape index (κ2) is 4.97. The number of pyridine rings is 1. The summed E-state index contributed by atoms with van der Waals surface area (Å²) >= 11 is 0. The second-order valence-electron chi connectivity index (χ2n) is 4.24. The van der Waals surface area contributed by atoms with E-state index in [4.69, 9.17) is 0 Å². The van der Waals surface area contributed by atoms with E-state index in [0.29, 0.717) is 17.0 Å². The molecule has 0 aliphatic heterocycles. The number of aromatic amines is 2. The molecular formula is C15H11N3O2. The molecule has 0 aliphatic rings. The lowest BCUT2D eigenvalue weighted by Crippen LogP contribution is -2.24. The fourth-order valence-corrected chi connectivity index (χ4v) is 2.06. The number of hydrogen-bond acceptors (Lipinski definition) is 3. The van der Waals surface area contributed by atoms with Gasteiger partial charge in [-0.2, -0.15) is 0 Å². The molecule has 98 valence electrons. The highest BCUT2D eigenvalue weighted by Crippen LogP contribution is 2.24. The van der Waals surface area contributed by atoms with Gasteiger partial charge < -0.3 is 4.98 Å². The summed E-state index contributed by atoms with van der Waals surface area (Å²) in [5.74, 6) is 0. The molecule has 20 heavy (non-hydrogen) atoms. The van der Waals surface area contributed by atoms with Crippen molar-refractivity contribution in [3.05, 3.63) is 75.6 Å². The first kappa shape index (κ1) is 12.1. The Hall–Kier alpha value is -2.95. The number of H-pyrrole nitrogens is 2. The van der Waals surface area contributed by atoms with Gasteiger partial charge in [0.05, 0.1) is 17.0 Å². The van der Waals surface area contributed by atoms with E-state index in [2.05, 4.69) is 15.0 Å². The van der Waals surface area contributed by atoms with Crippen molar-refractivity contribution in [2.75, 3.05) is 0 Å². The molecule has 2 N–H and O–H groups in total. The maximum absolute atomic E-state index is 12.1. The van der Waals surface area contributed by atoms with E-state index in [0.717, 1.165) is 5.56 Å². The second-order valence-corrected chi connectivity index (χ2v) is 4.24. The van der Waals surface area contributed by atoms with Crippen molar-refractivity contribution in [3.63, 3.8) is 0 Å². The molecule has 2 aromatic heterocycles. The standard InChI is InChI=1S/C15H11N3O2/c19-14-12(11-8-4-5-9-16-11)13(17-15(20)18-14)10-6-2-1-3-7-10/h1-9H,(H2,17,18,19,20). The predicted octanol–water partition coefficient (Wildman–Crippen LogP) is 1.79. The lowest BCUT2D eigenvalue weighted by Gasteiger charge is -2.07. The first-order chi connectivity index (χ1) is 9.75. The zero-order valence-electron chi connectivity index (χ0n) is 10.5. The van der Waals surface area contributed by atoms with Gasteiger partial charge in [0.1, 0.15) is 0 Å². The molecule has 0 aliphatic carbocycles. The van der Waals surface area contributed by atoms with Crippen LogP contribution in [0.4, 0.5) is 0 Å². The molecule has 1 aromatic carbocycles. The summed E-state index contributed by atoms with van der Waals surface area (Å²) in [5, 5.41) is 0. The molecule has 0 spiro atoms. The van der Waals surface area contributed by atoms with Gasteiger partial charge in [-0.1, -0.05) is 36.4 Å². The van der Waals surface area contributed by atoms with E-state index >= 15 is 0 Å². The molecule has 3 rings (SSSR count).